The van der Waals surface area contributed by atoms with E-state index in [9.17, 15) is 22.8 Å². The molecule has 0 radical (unpaired) electrons. The largest absolute Gasteiger partial charge is 0.454 e. The third-order valence-corrected chi connectivity index (χ3v) is 4.92. The van der Waals surface area contributed by atoms with Gasteiger partial charge in [0.05, 0.1) is 17.5 Å². The quantitative estimate of drug-likeness (QED) is 0.547. The first-order chi connectivity index (χ1) is 13.7. The molecule has 0 atom stereocenters. The van der Waals surface area contributed by atoms with E-state index >= 15 is 0 Å². The number of amides is 1. The monoisotopic (exact) mass is 416 g/mol. The smallest absolute Gasteiger partial charge is 0.340 e. The molecule has 0 spiro atoms. The predicted octanol–water partition coefficient (Wildman–Crippen LogP) is 2.22. The summed E-state index contributed by atoms with van der Waals surface area (Å²) < 4.78 is 30.2. The number of hydrogen-bond donors (Lipinski definition) is 1. The molecule has 1 amide bonds. The lowest BCUT2D eigenvalue weighted by molar-refractivity contribution is -0.117. The molecule has 3 rings (SSSR count). The molecule has 1 saturated heterocycles. The van der Waals surface area contributed by atoms with Gasteiger partial charge in [0.2, 0.25) is 15.9 Å². The minimum atomic E-state index is -3.58. The number of esters is 1. The fourth-order valence-corrected chi connectivity index (χ4v) is 3.59. The molecule has 0 unspecified atom stereocenters. The minimum absolute atomic E-state index is 0.00198. The van der Waals surface area contributed by atoms with Crippen molar-refractivity contribution in [3.05, 3.63) is 59.7 Å². The molecule has 1 fully saturated rings. The average Bonchev–Trinajstić information content (AvgIpc) is 3.11. The van der Waals surface area contributed by atoms with E-state index < -0.39 is 28.4 Å². The van der Waals surface area contributed by atoms with Gasteiger partial charge in [0, 0.05) is 24.2 Å². The molecule has 8 nitrogen and oxygen atoms in total. The van der Waals surface area contributed by atoms with Crippen LogP contribution in [0.25, 0.3) is 0 Å². The van der Waals surface area contributed by atoms with E-state index in [1.54, 1.807) is 41.3 Å². The molecule has 0 bridgehead atoms. The highest BCUT2D eigenvalue weighted by Gasteiger charge is 2.23. The average molecular weight is 416 g/mol. The van der Waals surface area contributed by atoms with Crippen molar-refractivity contribution < 1.29 is 27.5 Å². The molecule has 1 heterocycles. The number of carbonyl (C=O) groups is 3. The van der Waals surface area contributed by atoms with Gasteiger partial charge in [-0.15, -0.1) is 0 Å². The van der Waals surface area contributed by atoms with Gasteiger partial charge in [-0.25, -0.2) is 13.2 Å². The van der Waals surface area contributed by atoms with Crippen molar-refractivity contribution in [3.63, 3.8) is 0 Å². The summed E-state index contributed by atoms with van der Waals surface area (Å²) in [7, 11) is -3.58. The van der Waals surface area contributed by atoms with Crippen molar-refractivity contribution >= 4 is 39.1 Å². The van der Waals surface area contributed by atoms with Gasteiger partial charge in [-0.3, -0.25) is 14.3 Å². The molecule has 0 aliphatic carbocycles. The SMILES string of the molecule is CS(=O)(=O)Nc1ccccc1C(=O)OCC(=O)c1cccc(N2CCCC2=O)c1. The summed E-state index contributed by atoms with van der Waals surface area (Å²) >= 11 is 0. The zero-order chi connectivity index (χ0) is 21.0. The molecule has 1 N–H and O–H groups in total. The lowest BCUT2D eigenvalue weighted by Crippen LogP contribution is -2.24. The molecule has 152 valence electrons. The maximum Gasteiger partial charge on any atom is 0.340 e. The van der Waals surface area contributed by atoms with E-state index in [-0.39, 0.29) is 17.2 Å². The van der Waals surface area contributed by atoms with Gasteiger partial charge in [0.15, 0.2) is 12.4 Å². The number of benzene rings is 2. The lowest BCUT2D eigenvalue weighted by atomic mass is 10.1. The van der Waals surface area contributed by atoms with Gasteiger partial charge in [-0.1, -0.05) is 24.3 Å². The van der Waals surface area contributed by atoms with Crippen molar-refractivity contribution in [1.82, 2.24) is 0 Å². The predicted molar refractivity (Wildman–Crippen MR) is 108 cm³/mol. The number of carbonyl (C=O) groups excluding carboxylic acids is 3. The summed E-state index contributed by atoms with van der Waals surface area (Å²) in [5.74, 6) is -1.24. The molecular formula is C20H20N2O6S. The number of para-hydroxylation sites is 1. The standard InChI is InChI=1S/C20H20N2O6S/c1-29(26,27)21-17-9-3-2-8-16(17)20(25)28-13-18(23)14-6-4-7-15(12-14)22-11-5-10-19(22)24/h2-4,6-9,12,21H,5,10-11,13H2,1H3. The van der Waals surface area contributed by atoms with Gasteiger partial charge < -0.3 is 9.64 Å². The molecule has 29 heavy (non-hydrogen) atoms. The van der Waals surface area contributed by atoms with Crippen LogP contribution in [0.4, 0.5) is 11.4 Å². The van der Waals surface area contributed by atoms with Crippen molar-refractivity contribution in [2.75, 3.05) is 29.0 Å². The minimum Gasteiger partial charge on any atom is -0.454 e. The van der Waals surface area contributed by atoms with Gasteiger partial charge in [0.1, 0.15) is 0 Å². The van der Waals surface area contributed by atoms with Crippen LogP contribution >= 0.6 is 0 Å². The summed E-state index contributed by atoms with van der Waals surface area (Å²) in [4.78, 5) is 38.3. The summed E-state index contributed by atoms with van der Waals surface area (Å²) in [5.41, 5.74) is 1.02. The van der Waals surface area contributed by atoms with Crippen molar-refractivity contribution in [2.45, 2.75) is 12.8 Å². The first kappa shape index (κ1) is 20.5. The Morgan fingerprint density at radius 2 is 1.90 bits per heavy atom. The number of hydrogen-bond acceptors (Lipinski definition) is 6. The van der Waals surface area contributed by atoms with Crippen LogP contribution in [0, 0.1) is 0 Å². The molecule has 1 aliphatic rings. The van der Waals surface area contributed by atoms with E-state index in [2.05, 4.69) is 4.72 Å². The number of sulfonamides is 1. The van der Waals surface area contributed by atoms with Gasteiger partial charge in [-0.05, 0) is 30.7 Å². The van der Waals surface area contributed by atoms with Crippen LogP contribution in [-0.2, 0) is 19.6 Å². The van der Waals surface area contributed by atoms with E-state index in [0.717, 1.165) is 12.7 Å². The molecule has 0 saturated carbocycles. The highest BCUT2D eigenvalue weighted by molar-refractivity contribution is 7.92. The second-order valence-corrected chi connectivity index (χ2v) is 8.37. The molecule has 1 aliphatic heterocycles. The summed E-state index contributed by atoms with van der Waals surface area (Å²) in [6.07, 6.45) is 2.23. The van der Waals surface area contributed by atoms with Crippen LogP contribution in [0.2, 0.25) is 0 Å². The number of rotatable bonds is 7. The van der Waals surface area contributed by atoms with Crippen LogP contribution < -0.4 is 9.62 Å². The Labute approximate surface area is 168 Å². The van der Waals surface area contributed by atoms with Crippen molar-refractivity contribution in [1.29, 1.82) is 0 Å². The Hall–Kier alpha value is -3.20. The summed E-state index contributed by atoms with van der Waals surface area (Å²) in [6.45, 7) is 0.0963. The third kappa shape index (κ3) is 5.20. The van der Waals surface area contributed by atoms with E-state index in [1.165, 1.54) is 12.1 Å². The Morgan fingerprint density at radius 3 is 2.59 bits per heavy atom. The highest BCUT2D eigenvalue weighted by Crippen LogP contribution is 2.23. The Bertz CT molecular complexity index is 1060. The molecular weight excluding hydrogens is 396 g/mol. The number of nitrogens with zero attached hydrogens (tertiary/aromatic N) is 1. The number of ketones is 1. The number of nitrogens with one attached hydrogen (secondary N) is 1. The summed E-state index contributed by atoms with van der Waals surface area (Å²) in [6, 6.07) is 12.6. The Kier molecular flexibility index (Phi) is 5.97. The molecule has 2 aromatic carbocycles. The fourth-order valence-electron chi connectivity index (χ4n) is 3.01. The van der Waals surface area contributed by atoms with E-state index in [1.807, 2.05) is 0 Å². The fraction of sp³-hybridized carbons (Fsp3) is 0.250. The first-order valence-electron chi connectivity index (χ1n) is 8.92. The number of ether oxygens (including phenoxy) is 1. The first-order valence-corrected chi connectivity index (χ1v) is 10.8. The topological polar surface area (TPSA) is 110 Å². The molecule has 0 aromatic heterocycles. The second-order valence-electron chi connectivity index (χ2n) is 6.62. The third-order valence-electron chi connectivity index (χ3n) is 4.33. The van der Waals surface area contributed by atoms with Gasteiger partial charge in [-0.2, -0.15) is 0 Å². The molecule has 2 aromatic rings. The Morgan fingerprint density at radius 1 is 1.14 bits per heavy atom. The maximum absolute atomic E-state index is 12.5. The number of anilines is 2. The zero-order valence-electron chi connectivity index (χ0n) is 15.8. The molecule has 9 heteroatoms. The highest BCUT2D eigenvalue weighted by atomic mass is 32.2. The van der Waals surface area contributed by atoms with Crippen LogP contribution in [-0.4, -0.2) is 45.5 Å². The number of Topliss-reactive ketones (excluding diaryl/α,β-unsaturated/α-hetero) is 1. The van der Waals surface area contributed by atoms with Gasteiger partial charge >= 0.3 is 5.97 Å². The zero-order valence-corrected chi connectivity index (χ0v) is 16.6. The lowest BCUT2D eigenvalue weighted by Gasteiger charge is -2.16. The summed E-state index contributed by atoms with van der Waals surface area (Å²) in [5, 5.41) is 0. The van der Waals surface area contributed by atoms with E-state index in [4.69, 9.17) is 4.74 Å². The maximum atomic E-state index is 12.5. The Balaban J connectivity index is 1.69. The van der Waals surface area contributed by atoms with Crippen LogP contribution in [0.3, 0.4) is 0 Å². The van der Waals surface area contributed by atoms with Gasteiger partial charge in [0.25, 0.3) is 0 Å². The van der Waals surface area contributed by atoms with Crippen molar-refractivity contribution in [3.8, 4) is 0 Å². The van der Waals surface area contributed by atoms with Crippen LogP contribution in [0.5, 0.6) is 0 Å². The van der Waals surface area contributed by atoms with E-state index in [0.29, 0.717) is 24.2 Å². The van der Waals surface area contributed by atoms with Crippen molar-refractivity contribution in [2.24, 2.45) is 0 Å². The second kappa shape index (κ2) is 8.44. The van der Waals surface area contributed by atoms with Crippen LogP contribution in [0.1, 0.15) is 33.6 Å². The normalized spacial score (nSPS) is 14.0. The van der Waals surface area contributed by atoms with Crippen LogP contribution in [0.15, 0.2) is 48.5 Å².